The van der Waals surface area contributed by atoms with E-state index >= 15 is 0 Å². The summed E-state index contributed by atoms with van der Waals surface area (Å²) in [5.74, 6) is 0.209. The maximum absolute atomic E-state index is 12.0. The number of carbonyl (C=O) groups excluding carboxylic acids is 1. The molecule has 6 heteroatoms. The van der Waals surface area contributed by atoms with Gasteiger partial charge in [0.1, 0.15) is 5.01 Å². The Morgan fingerprint density at radius 2 is 2.12 bits per heavy atom. The first-order valence-corrected chi connectivity index (χ1v) is 6.45. The molecule has 0 radical (unpaired) electrons. The Bertz CT molecular complexity index is 452. The topological polar surface area (TPSA) is 80.9 Å². The summed E-state index contributed by atoms with van der Waals surface area (Å²) in [7, 11) is 0. The second-order valence-electron chi connectivity index (χ2n) is 5.80. The highest BCUT2D eigenvalue weighted by Gasteiger charge is 2.51. The number of hydrogen-bond acceptors (Lipinski definition) is 5. The Morgan fingerprint density at radius 3 is 2.53 bits per heavy atom. The first-order valence-electron chi connectivity index (χ1n) is 5.64. The number of carbonyl (C=O) groups is 1. The van der Waals surface area contributed by atoms with Crippen molar-refractivity contribution in [3.8, 4) is 0 Å². The molecule has 1 aromatic heterocycles. The highest BCUT2D eigenvalue weighted by atomic mass is 32.1. The monoisotopic (exact) mass is 254 g/mol. The average molecular weight is 254 g/mol. The van der Waals surface area contributed by atoms with Crippen LogP contribution >= 0.6 is 11.3 Å². The molecule has 94 valence electrons. The van der Waals surface area contributed by atoms with E-state index in [4.69, 9.17) is 5.73 Å². The minimum atomic E-state index is -0.509. The third-order valence-electron chi connectivity index (χ3n) is 3.24. The highest BCUT2D eigenvalue weighted by Crippen LogP contribution is 2.51. The van der Waals surface area contributed by atoms with E-state index < -0.39 is 5.54 Å². The van der Waals surface area contributed by atoms with Gasteiger partial charge in [0.25, 0.3) is 0 Å². The van der Waals surface area contributed by atoms with E-state index in [1.807, 2.05) is 13.8 Å². The predicted octanol–water partition coefficient (Wildman–Crippen LogP) is 1.52. The fraction of sp³-hybridized carbons (Fsp3) is 0.727. The molecule has 1 heterocycles. The van der Waals surface area contributed by atoms with Gasteiger partial charge in [-0.2, -0.15) is 0 Å². The van der Waals surface area contributed by atoms with Crippen molar-refractivity contribution < 1.29 is 4.79 Å². The highest BCUT2D eigenvalue weighted by molar-refractivity contribution is 7.15. The summed E-state index contributed by atoms with van der Waals surface area (Å²) in [6.45, 7) is 8.04. The summed E-state index contributed by atoms with van der Waals surface area (Å²) in [6.07, 6.45) is 0.952. The number of hydrogen-bond donors (Lipinski definition) is 2. The van der Waals surface area contributed by atoms with E-state index in [0.29, 0.717) is 5.13 Å². The minimum Gasteiger partial charge on any atom is -0.374 e. The van der Waals surface area contributed by atoms with Gasteiger partial charge in [-0.05, 0) is 25.7 Å². The summed E-state index contributed by atoms with van der Waals surface area (Å²) in [5.41, 5.74) is 5.18. The lowest BCUT2D eigenvalue weighted by Crippen LogP contribution is -2.42. The van der Waals surface area contributed by atoms with Crippen molar-refractivity contribution in [2.75, 3.05) is 5.73 Å². The van der Waals surface area contributed by atoms with Crippen LogP contribution in [0.15, 0.2) is 0 Å². The van der Waals surface area contributed by atoms with Crippen molar-refractivity contribution in [1.29, 1.82) is 0 Å². The fourth-order valence-electron chi connectivity index (χ4n) is 1.85. The molecule has 1 amide bonds. The van der Waals surface area contributed by atoms with Crippen LogP contribution < -0.4 is 11.1 Å². The molecule has 1 saturated carbocycles. The molecule has 2 rings (SSSR count). The van der Waals surface area contributed by atoms with Crippen LogP contribution in [0, 0.1) is 11.3 Å². The van der Waals surface area contributed by atoms with Crippen LogP contribution in [0.1, 0.15) is 39.1 Å². The first-order chi connectivity index (χ1) is 7.72. The third-order valence-corrected chi connectivity index (χ3v) is 4.32. The first kappa shape index (κ1) is 12.3. The number of anilines is 1. The van der Waals surface area contributed by atoms with Gasteiger partial charge in [0.05, 0.1) is 5.54 Å². The largest absolute Gasteiger partial charge is 0.374 e. The molecule has 17 heavy (non-hydrogen) atoms. The summed E-state index contributed by atoms with van der Waals surface area (Å²) in [6, 6.07) is 0. The van der Waals surface area contributed by atoms with E-state index in [9.17, 15) is 4.79 Å². The van der Waals surface area contributed by atoms with Crippen LogP contribution in [-0.4, -0.2) is 16.1 Å². The Balaban J connectivity index is 2.05. The number of aromatic nitrogens is 2. The summed E-state index contributed by atoms with van der Waals surface area (Å²) >= 11 is 1.31. The van der Waals surface area contributed by atoms with Crippen LogP contribution in [0.25, 0.3) is 0 Å². The standard InChI is InChI=1S/C11H18N4OS/c1-10(2)5-6(10)7(16)13-11(3,4)8-14-15-9(12)17-8/h6H,5H2,1-4H3,(H2,12,15)(H,13,16). The lowest BCUT2D eigenvalue weighted by Gasteiger charge is -2.23. The zero-order valence-electron chi connectivity index (χ0n) is 10.6. The third kappa shape index (κ3) is 2.41. The van der Waals surface area contributed by atoms with Gasteiger partial charge in [-0.15, -0.1) is 10.2 Å². The van der Waals surface area contributed by atoms with E-state index in [0.717, 1.165) is 11.4 Å². The molecule has 3 N–H and O–H groups in total. The molecule has 0 bridgehead atoms. The molecular weight excluding hydrogens is 236 g/mol. The van der Waals surface area contributed by atoms with Crippen LogP contribution in [0.5, 0.6) is 0 Å². The molecule has 5 nitrogen and oxygen atoms in total. The number of nitrogens with zero attached hydrogens (tertiary/aromatic N) is 2. The van der Waals surface area contributed by atoms with Crippen molar-refractivity contribution in [1.82, 2.24) is 15.5 Å². The summed E-state index contributed by atoms with van der Waals surface area (Å²) < 4.78 is 0. The summed E-state index contributed by atoms with van der Waals surface area (Å²) in [4.78, 5) is 12.0. The van der Waals surface area contributed by atoms with Gasteiger partial charge in [0.15, 0.2) is 0 Å². The van der Waals surface area contributed by atoms with Crippen molar-refractivity contribution in [3.05, 3.63) is 5.01 Å². The Kier molecular flexibility index (Phi) is 2.65. The maximum atomic E-state index is 12.0. The predicted molar refractivity (Wildman–Crippen MR) is 67.4 cm³/mol. The van der Waals surface area contributed by atoms with Gasteiger partial charge in [-0.25, -0.2) is 0 Å². The smallest absolute Gasteiger partial charge is 0.224 e. The molecule has 1 aliphatic carbocycles. The Hall–Kier alpha value is -1.17. The number of rotatable bonds is 3. The molecule has 0 aliphatic heterocycles. The van der Waals surface area contributed by atoms with Crippen LogP contribution in [0.3, 0.4) is 0 Å². The lowest BCUT2D eigenvalue weighted by molar-refractivity contribution is -0.124. The van der Waals surface area contributed by atoms with Gasteiger partial charge < -0.3 is 11.1 Å². The van der Waals surface area contributed by atoms with Gasteiger partial charge in [-0.1, -0.05) is 25.2 Å². The van der Waals surface area contributed by atoms with Crippen molar-refractivity contribution in [3.63, 3.8) is 0 Å². The van der Waals surface area contributed by atoms with E-state index in [1.54, 1.807) is 0 Å². The molecule has 1 aliphatic rings. The van der Waals surface area contributed by atoms with E-state index in [2.05, 4.69) is 29.4 Å². The number of amides is 1. The molecule has 0 saturated heterocycles. The molecule has 1 unspecified atom stereocenters. The lowest BCUT2D eigenvalue weighted by atomic mass is 10.0. The van der Waals surface area contributed by atoms with Crippen LogP contribution in [0.4, 0.5) is 5.13 Å². The van der Waals surface area contributed by atoms with Crippen molar-refractivity contribution >= 4 is 22.4 Å². The van der Waals surface area contributed by atoms with E-state index in [1.165, 1.54) is 11.3 Å². The second kappa shape index (κ2) is 3.66. The van der Waals surface area contributed by atoms with Crippen molar-refractivity contribution in [2.24, 2.45) is 11.3 Å². The van der Waals surface area contributed by atoms with E-state index in [-0.39, 0.29) is 17.2 Å². The molecule has 1 fully saturated rings. The van der Waals surface area contributed by atoms with Crippen molar-refractivity contribution in [2.45, 2.75) is 39.7 Å². The van der Waals surface area contributed by atoms with Gasteiger partial charge >= 0.3 is 0 Å². The zero-order chi connectivity index (χ0) is 12.8. The molecule has 0 spiro atoms. The minimum absolute atomic E-state index is 0.0915. The van der Waals surface area contributed by atoms with Gasteiger partial charge in [0.2, 0.25) is 11.0 Å². The molecule has 0 aromatic carbocycles. The molecule has 1 aromatic rings. The van der Waals surface area contributed by atoms with Gasteiger partial charge in [-0.3, -0.25) is 4.79 Å². The normalized spacial score (nSPS) is 22.2. The number of nitrogens with one attached hydrogen (secondary N) is 1. The summed E-state index contributed by atoms with van der Waals surface area (Å²) in [5, 5.41) is 11.9. The number of nitrogen functional groups attached to an aromatic ring is 1. The second-order valence-corrected chi connectivity index (χ2v) is 6.81. The zero-order valence-corrected chi connectivity index (χ0v) is 11.4. The Morgan fingerprint density at radius 1 is 1.53 bits per heavy atom. The molecular formula is C11H18N4OS. The quantitative estimate of drug-likeness (QED) is 0.857. The maximum Gasteiger partial charge on any atom is 0.224 e. The van der Waals surface area contributed by atoms with Crippen LogP contribution in [-0.2, 0) is 10.3 Å². The molecule has 1 atom stereocenters. The van der Waals surface area contributed by atoms with Gasteiger partial charge in [0, 0.05) is 5.92 Å². The average Bonchev–Trinajstić information content (AvgIpc) is 2.61. The fourth-order valence-corrected chi connectivity index (χ4v) is 2.52. The van der Waals surface area contributed by atoms with Crippen LogP contribution in [0.2, 0.25) is 0 Å². The Labute approximate surface area is 105 Å². The number of nitrogens with two attached hydrogens (primary N) is 1. The SMILES string of the molecule is CC(C)(NC(=O)C1CC1(C)C)c1nnc(N)s1.